The van der Waals surface area contributed by atoms with Crippen LogP contribution < -0.4 is 10.6 Å². The fourth-order valence-electron chi connectivity index (χ4n) is 3.59. The average Bonchev–Trinajstić information content (AvgIpc) is 3.38. The molecule has 1 amide bonds. The van der Waals surface area contributed by atoms with E-state index in [4.69, 9.17) is 9.15 Å². The monoisotopic (exact) mass is 530 g/mol. The highest BCUT2D eigenvalue weighted by Crippen LogP contribution is 2.28. The van der Waals surface area contributed by atoms with Crippen LogP contribution >= 0.6 is 0 Å². The number of carboxylic acid groups (broad SMARTS) is 1. The van der Waals surface area contributed by atoms with Gasteiger partial charge in [-0.1, -0.05) is 30.3 Å². The van der Waals surface area contributed by atoms with Crippen molar-refractivity contribution in [2.45, 2.75) is 32.8 Å². The van der Waals surface area contributed by atoms with E-state index >= 15 is 0 Å². The first kappa shape index (κ1) is 27.1. The first-order valence-electron chi connectivity index (χ1n) is 12.0. The van der Waals surface area contributed by atoms with Gasteiger partial charge < -0.3 is 19.6 Å². The van der Waals surface area contributed by atoms with E-state index in [0.717, 1.165) is 5.56 Å². The molecule has 0 aliphatic carbocycles. The second-order valence-corrected chi connectivity index (χ2v) is 9.54. The molecule has 200 valence electrons. The topological polar surface area (TPSA) is 127 Å². The Balaban J connectivity index is 1.71. The molecule has 0 unspecified atom stereocenters. The second kappa shape index (κ2) is 11.6. The van der Waals surface area contributed by atoms with Crippen molar-refractivity contribution < 1.29 is 28.2 Å². The SMILES string of the molecule is CC(C)(C)OC(=O)Nc1ccc(F)c(-c2cnc(N/C(=C\c3ccco3)C(=O)O)c(Cc3ccccc3)n2)c1. The lowest BCUT2D eigenvalue weighted by Crippen LogP contribution is -2.27. The number of nitrogens with zero attached hydrogens (tertiary/aromatic N) is 2. The number of carboxylic acids is 1. The van der Waals surface area contributed by atoms with Gasteiger partial charge in [0, 0.05) is 23.7 Å². The maximum Gasteiger partial charge on any atom is 0.412 e. The number of benzene rings is 2. The summed E-state index contributed by atoms with van der Waals surface area (Å²) >= 11 is 0. The smallest absolute Gasteiger partial charge is 0.412 e. The van der Waals surface area contributed by atoms with Gasteiger partial charge in [-0.3, -0.25) is 5.32 Å². The Morgan fingerprint density at radius 2 is 1.85 bits per heavy atom. The van der Waals surface area contributed by atoms with E-state index in [0.29, 0.717) is 17.1 Å². The molecular weight excluding hydrogens is 503 g/mol. The van der Waals surface area contributed by atoms with Crippen molar-refractivity contribution >= 4 is 29.6 Å². The molecular formula is C29H27FN4O5. The van der Waals surface area contributed by atoms with E-state index in [1.54, 1.807) is 32.9 Å². The highest BCUT2D eigenvalue weighted by molar-refractivity contribution is 5.95. The van der Waals surface area contributed by atoms with Gasteiger partial charge in [-0.15, -0.1) is 0 Å². The summed E-state index contributed by atoms with van der Waals surface area (Å²) < 4.78 is 25.4. The number of carbonyl (C=O) groups is 2. The number of aliphatic carboxylic acids is 1. The molecule has 39 heavy (non-hydrogen) atoms. The van der Waals surface area contributed by atoms with E-state index in [-0.39, 0.29) is 29.2 Å². The number of hydrogen-bond acceptors (Lipinski definition) is 7. The molecule has 2 aromatic carbocycles. The van der Waals surface area contributed by atoms with E-state index in [9.17, 15) is 19.1 Å². The van der Waals surface area contributed by atoms with Crippen molar-refractivity contribution in [2.75, 3.05) is 10.6 Å². The number of nitrogens with one attached hydrogen (secondary N) is 2. The van der Waals surface area contributed by atoms with Crippen molar-refractivity contribution in [3.8, 4) is 11.3 Å². The summed E-state index contributed by atoms with van der Waals surface area (Å²) in [6.45, 7) is 5.21. The quantitative estimate of drug-likeness (QED) is 0.225. The molecule has 0 aliphatic heterocycles. The normalized spacial score (nSPS) is 11.6. The Hall–Kier alpha value is -4.99. The summed E-state index contributed by atoms with van der Waals surface area (Å²) in [5, 5.41) is 15.2. The number of carbonyl (C=O) groups excluding carboxylic acids is 1. The Morgan fingerprint density at radius 3 is 2.51 bits per heavy atom. The second-order valence-electron chi connectivity index (χ2n) is 9.54. The number of rotatable bonds is 8. The highest BCUT2D eigenvalue weighted by Gasteiger charge is 2.19. The van der Waals surface area contributed by atoms with Gasteiger partial charge in [0.15, 0.2) is 5.82 Å². The summed E-state index contributed by atoms with van der Waals surface area (Å²) in [7, 11) is 0. The fraction of sp³-hybridized carbons (Fsp3) is 0.172. The van der Waals surface area contributed by atoms with Crippen molar-refractivity contribution in [3.63, 3.8) is 0 Å². The van der Waals surface area contributed by atoms with Crippen LogP contribution in [0.4, 0.5) is 20.7 Å². The molecule has 0 saturated heterocycles. The summed E-state index contributed by atoms with van der Waals surface area (Å²) in [6.07, 6.45) is 3.70. The Bertz CT molecular complexity index is 1500. The lowest BCUT2D eigenvalue weighted by molar-refractivity contribution is -0.132. The predicted molar refractivity (Wildman–Crippen MR) is 144 cm³/mol. The lowest BCUT2D eigenvalue weighted by Gasteiger charge is -2.20. The predicted octanol–water partition coefficient (Wildman–Crippen LogP) is 6.35. The van der Waals surface area contributed by atoms with Crippen LogP contribution in [0.1, 0.15) is 37.8 Å². The van der Waals surface area contributed by atoms with Crippen molar-refractivity contribution in [2.24, 2.45) is 0 Å². The van der Waals surface area contributed by atoms with E-state index < -0.39 is 23.5 Å². The molecule has 2 heterocycles. The minimum Gasteiger partial charge on any atom is -0.477 e. The number of furan rings is 1. The van der Waals surface area contributed by atoms with Crippen molar-refractivity contribution in [1.29, 1.82) is 0 Å². The van der Waals surface area contributed by atoms with Crippen LogP contribution in [0.25, 0.3) is 17.3 Å². The Morgan fingerprint density at radius 1 is 1.08 bits per heavy atom. The highest BCUT2D eigenvalue weighted by atomic mass is 19.1. The Kier molecular flexibility index (Phi) is 8.04. The molecule has 0 radical (unpaired) electrons. The fourth-order valence-corrected chi connectivity index (χ4v) is 3.59. The van der Waals surface area contributed by atoms with Crippen LogP contribution in [0, 0.1) is 5.82 Å². The van der Waals surface area contributed by atoms with E-state index in [2.05, 4.69) is 20.6 Å². The minimum atomic E-state index is -1.23. The van der Waals surface area contributed by atoms with Crippen LogP contribution in [0.5, 0.6) is 0 Å². The van der Waals surface area contributed by atoms with Gasteiger partial charge in [0.25, 0.3) is 0 Å². The van der Waals surface area contributed by atoms with E-state index in [1.165, 1.54) is 36.7 Å². The Labute approximate surface area is 224 Å². The summed E-state index contributed by atoms with van der Waals surface area (Å²) in [5.41, 5.74) is 0.994. The number of ether oxygens (including phenoxy) is 1. The molecule has 0 spiro atoms. The zero-order chi connectivity index (χ0) is 28.0. The molecule has 3 N–H and O–H groups in total. The molecule has 4 aromatic rings. The third-order valence-corrected chi connectivity index (χ3v) is 5.26. The summed E-state index contributed by atoms with van der Waals surface area (Å²) in [6, 6.07) is 16.7. The number of anilines is 2. The van der Waals surface area contributed by atoms with Gasteiger partial charge >= 0.3 is 12.1 Å². The molecule has 2 aromatic heterocycles. The molecule has 0 bridgehead atoms. The summed E-state index contributed by atoms with van der Waals surface area (Å²) in [4.78, 5) is 33.2. The summed E-state index contributed by atoms with van der Waals surface area (Å²) in [5.74, 6) is -1.28. The van der Waals surface area contributed by atoms with Crippen LogP contribution in [0.2, 0.25) is 0 Å². The maximum absolute atomic E-state index is 14.9. The minimum absolute atomic E-state index is 0.0986. The molecule has 0 fully saturated rings. The molecule has 4 rings (SSSR count). The third kappa shape index (κ3) is 7.51. The van der Waals surface area contributed by atoms with E-state index in [1.807, 2.05) is 30.3 Å². The van der Waals surface area contributed by atoms with Gasteiger partial charge in [-0.05, 0) is 56.7 Å². The zero-order valence-corrected chi connectivity index (χ0v) is 21.6. The van der Waals surface area contributed by atoms with Gasteiger partial charge in [-0.2, -0.15) is 0 Å². The van der Waals surface area contributed by atoms with Gasteiger partial charge in [0.2, 0.25) is 0 Å². The molecule has 0 atom stereocenters. The number of halogens is 1. The zero-order valence-electron chi connectivity index (χ0n) is 21.6. The number of aromatic nitrogens is 2. The number of hydrogen-bond donors (Lipinski definition) is 3. The van der Waals surface area contributed by atoms with Crippen LogP contribution in [-0.4, -0.2) is 32.7 Å². The first-order chi connectivity index (χ1) is 18.6. The first-order valence-corrected chi connectivity index (χ1v) is 12.0. The average molecular weight is 531 g/mol. The molecule has 9 nitrogen and oxygen atoms in total. The van der Waals surface area contributed by atoms with Crippen LogP contribution in [0.3, 0.4) is 0 Å². The van der Waals surface area contributed by atoms with Gasteiger partial charge in [0.05, 0.1) is 23.8 Å². The van der Waals surface area contributed by atoms with Crippen LogP contribution in [0.15, 0.2) is 83.2 Å². The standard InChI is InChI=1S/C29H27FN4O5/c1-29(2,3)39-28(37)32-19-11-12-22(30)21(15-19)25-17-31-26(23(33-25)14-18-8-5-4-6-9-18)34-24(27(35)36)16-20-10-7-13-38-20/h4-13,15-17H,14H2,1-3H3,(H,31,34)(H,32,37)(H,35,36)/b24-16-. The van der Waals surface area contributed by atoms with Gasteiger partial charge in [0.1, 0.15) is 22.9 Å². The van der Waals surface area contributed by atoms with Crippen LogP contribution in [-0.2, 0) is 16.0 Å². The van der Waals surface area contributed by atoms with Gasteiger partial charge in [-0.25, -0.2) is 23.9 Å². The maximum atomic E-state index is 14.9. The number of amides is 1. The van der Waals surface area contributed by atoms with Crippen molar-refractivity contribution in [1.82, 2.24) is 9.97 Å². The largest absolute Gasteiger partial charge is 0.477 e. The molecule has 0 saturated carbocycles. The third-order valence-electron chi connectivity index (χ3n) is 5.26. The van der Waals surface area contributed by atoms with Crippen molar-refractivity contribution in [3.05, 3.63) is 102 Å². The lowest BCUT2D eigenvalue weighted by atomic mass is 10.1. The molecule has 0 aliphatic rings. The molecule has 10 heteroatoms.